The quantitative estimate of drug-likeness (QED) is 0.622. The Kier molecular flexibility index (Phi) is 1.97. The van der Waals surface area contributed by atoms with Gasteiger partial charge in [0.25, 0.3) is 0 Å². The number of fused-ring (bicyclic) bond motifs is 1. The molecule has 1 nitrogen and oxygen atoms in total. The summed E-state index contributed by atoms with van der Waals surface area (Å²) in [5.74, 6) is 0. The van der Waals surface area contributed by atoms with Crippen molar-refractivity contribution in [3.63, 3.8) is 0 Å². The second-order valence-electron chi connectivity index (χ2n) is 5.27. The van der Waals surface area contributed by atoms with Gasteiger partial charge in [-0.3, -0.25) is 0 Å². The summed E-state index contributed by atoms with van der Waals surface area (Å²) in [6.45, 7) is 6.36. The predicted octanol–water partition coefficient (Wildman–Crippen LogP) is 2.98. The summed E-state index contributed by atoms with van der Waals surface area (Å²) in [6, 6.07) is 0. The largest absolute Gasteiger partial charge is 0.390 e. The molecule has 0 spiro atoms. The number of aliphatic hydroxyl groups is 1. The fourth-order valence-electron chi connectivity index (χ4n) is 2.35. The van der Waals surface area contributed by atoms with Crippen molar-refractivity contribution in [2.24, 2.45) is 5.41 Å². The van der Waals surface area contributed by atoms with Crippen molar-refractivity contribution in [1.29, 1.82) is 0 Å². The molecule has 0 aromatic carbocycles. The Balaban J connectivity index is 2.41. The second kappa shape index (κ2) is 2.83. The molecule has 14 heavy (non-hydrogen) atoms. The van der Waals surface area contributed by atoms with Crippen molar-refractivity contribution in [1.82, 2.24) is 0 Å². The Morgan fingerprint density at radius 1 is 1.29 bits per heavy atom. The zero-order valence-electron chi connectivity index (χ0n) is 9.17. The van der Waals surface area contributed by atoms with E-state index in [1.54, 1.807) is 0 Å². The van der Waals surface area contributed by atoms with Crippen molar-refractivity contribution in [3.8, 4) is 0 Å². The molecule has 2 aliphatic rings. The maximum atomic E-state index is 9.97. The van der Waals surface area contributed by atoms with Gasteiger partial charge in [-0.15, -0.1) is 0 Å². The first-order chi connectivity index (χ1) is 6.41. The highest BCUT2D eigenvalue weighted by atomic mass is 16.3. The minimum Gasteiger partial charge on any atom is -0.390 e. The fourth-order valence-corrected chi connectivity index (χ4v) is 2.35. The van der Waals surface area contributed by atoms with Crippen LogP contribution in [-0.2, 0) is 0 Å². The summed E-state index contributed by atoms with van der Waals surface area (Å²) < 4.78 is 0. The average molecular weight is 190 g/mol. The average Bonchev–Trinajstić information content (AvgIpc) is 2.00. The molecule has 1 N–H and O–H groups in total. The van der Waals surface area contributed by atoms with Crippen LogP contribution in [0.2, 0.25) is 0 Å². The maximum absolute atomic E-state index is 9.97. The lowest BCUT2D eigenvalue weighted by Gasteiger charge is -2.37. The van der Waals surface area contributed by atoms with Gasteiger partial charge in [0, 0.05) is 11.8 Å². The molecule has 0 aromatic rings. The SMILES string of the molecule is CC1(O)CC=C2C(=CC=CC2(C)C)C1. The van der Waals surface area contributed by atoms with E-state index < -0.39 is 5.60 Å². The Labute approximate surface area is 85.8 Å². The van der Waals surface area contributed by atoms with Gasteiger partial charge in [0.15, 0.2) is 0 Å². The highest BCUT2D eigenvalue weighted by Crippen LogP contribution is 2.43. The number of rotatable bonds is 0. The molecule has 1 atom stereocenters. The third-order valence-corrected chi connectivity index (χ3v) is 3.17. The van der Waals surface area contributed by atoms with Gasteiger partial charge in [0.2, 0.25) is 0 Å². The van der Waals surface area contributed by atoms with Crippen molar-refractivity contribution >= 4 is 0 Å². The number of hydrogen-bond donors (Lipinski definition) is 1. The Morgan fingerprint density at radius 2 is 2.00 bits per heavy atom. The van der Waals surface area contributed by atoms with Crippen LogP contribution in [0.4, 0.5) is 0 Å². The molecule has 0 amide bonds. The summed E-state index contributed by atoms with van der Waals surface area (Å²) >= 11 is 0. The van der Waals surface area contributed by atoms with E-state index >= 15 is 0 Å². The van der Waals surface area contributed by atoms with E-state index in [4.69, 9.17) is 0 Å². The van der Waals surface area contributed by atoms with Crippen molar-refractivity contribution in [2.45, 2.75) is 39.2 Å². The zero-order chi connectivity index (χ0) is 10.4. The van der Waals surface area contributed by atoms with Gasteiger partial charge in [-0.1, -0.05) is 38.2 Å². The van der Waals surface area contributed by atoms with Gasteiger partial charge < -0.3 is 5.11 Å². The van der Waals surface area contributed by atoms with Gasteiger partial charge in [-0.2, -0.15) is 0 Å². The molecule has 0 saturated heterocycles. The first kappa shape index (κ1) is 9.72. The van der Waals surface area contributed by atoms with Gasteiger partial charge in [-0.05, 0) is 24.5 Å². The van der Waals surface area contributed by atoms with Crippen molar-refractivity contribution in [3.05, 3.63) is 35.5 Å². The Bertz CT molecular complexity index is 340. The first-order valence-corrected chi connectivity index (χ1v) is 5.23. The minimum atomic E-state index is -0.545. The van der Waals surface area contributed by atoms with E-state index in [0.717, 1.165) is 12.8 Å². The molecule has 0 saturated carbocycles. The topological polar surface area (TPSA) is 20.2 Å². The summed E-state index contributed by atoms with van der Waals surface area (Å²) in [5.41, 5.74) is 2.29. The minimum absolute atomic E-state index is 0.139. The third kappa shape index (κ3) is 1.57. The van der Waals surface area contributed by atoms with E-state index in [1.807, 2.05) is 6.92 Å². The Hall–Kier alpha value is -0.820. The van der Waals surface area contributed by atoms with E-state index in [1.165, 1.54) is 11.1 Å². The zero-order valence-corrected chi connectivity index (χ0v) is 9.17. The van der Waals surface area contributed by atoms with Crippen molar-refractivity contribution in [2.75, 3.05) is 0 Å². The lowest BCUT2D eigenvalue weighted by Crippen LogP contribution is -2.31. The fraction of sp³-hybridized carbons (Fsp3) is 0.538. The lowest BCUT2D eigenvalue weighted by molar-refractivity contribution is 0.0596. The molecule has 0 aromatic heterocycles. The van der Waals surface area contributed by atoms with Crippen LogP contribution in [0.25, 0.3) is 0 Å². The molecule has 1 unspecified atom stereocenters. The van der Waals surface area contributed by atoms with Crippen LogP contribution in [0.3, 0.4) is 0 Å². The normalized spacial score (nSPS) is 34.6. The van der Waals surface area contributed by atoms with E-state index in [-0.39, 0.29) is 5.41 Å². The molecular formula is C13H18O. The van der Waals surface area contributed by atoms with Crippen LogP contribution in [0.5, 0.6) is 0 Å². The van der Waals surface area contributed by atoms with Crippen LogP contribution in [0.15, 0.2) is 35.5 Å². The Morgan fingerprint density at radius 3 is 2.71 bits per heavy atom. The molecule has 0 heterocycles. The maximum Gasteiger partial charge on any atom is 0.0694 e. The monoisotopic (exact) mass is 190 g/mol. The van der Waals surface area contributed by atoms with Gasteiger partial charge >= 0.3 is 0 Å². The first-order valence-electron chi connectivity index (χ1n) is 5.23. The molecule has 0 bridgehead atoms. The highest BCUT2D eigenvalue weighted by molar-refractivity contribution is 5.47. The highest BCUT2D eigenvalue weighted by Gasteiger charge is 2.33. The van der Waals surface area contributed by atoms with Gasteiger partial charge in [-0.25, -0.2) is 0 Å². The van der Waals surface area contributed by atoms with Crippen LogP contribution in [-0.4, -0.2) is 10.7 Å². The molecule has 2 aliphatic carbocycles. The molecule has 0 radical (unpaired) electrons. The summed E-state index contributed by atoms with van der Waals surface area (Å²) in [7, 11) is 0. The van der Waals surface area contributed by atoms with E-state index in [2.05, 4.69) is 38.2 Å². The van der Waals surface area contributed by atoms with E-state index in [9.17, 15) is 5.11 Å². The van der Waals surface area contributed by atoms with Gasteiger partial charge in [0.1, 0.15) is 0 Å². The summed E-state index contributed by atoms with van der Waals surface area (Å²) in [6.07, 6.45) is 10.2. The molecule has 0 fully saturated rings. The molecule has 76 valence electrons. The molecular weight excluding hydrogens is 172 g/mol. The number of allylic oxidation sites excluding steroid dienone is 4. The molecule has 2 rings (SSSR count). The van der Waals surface area contributed by atoms with Gasteiger partial charge in [0.05, 0.1) is 5.60 Å². The van der Waals surface area contributed by atoms with Crippen molar-refractivity contribution < 1.29 is 5.11 Å². The van der Waals surface area contributed by atoms with Crippen LogP contribution >= 0.6 is 0 Å². The third-order valence-electron chi connectivity index (χ3n) is 3.17. The molecule has 1 heteroatoms. The number of hydrogen-bond acceptors (Lipinski definition) is 1. The van der Waals surface area contributed by atoms with Crippen LogP contribution in [0.1, 0.15) is 33.6 Å². The van der Waals surface area contributed by atoms with Crippen LogP contribution in [0, 0.1) is 5.41 Å². The van der Waals surface area contributed by atoms with E-state index in [0.29, 0.717) is 0 Å². The second-order valence-corrected chi connectivity index (χ2v) is 5.27. The standard InChI is InChI=1S/C13H18O/c1-12(2)7-4-5-10-9-13(3,14)8-6-11(10)12/h4-7,14H,8-9H2,1-3H3. The predicted molar refractivity (Wildman–Crippen MR) is 58.9 cm³/mol. The summed E-state index contributed by atoms with van der Waals surface area (Å²) in [5, 5.41) is 9.97. The lowest BCUT2D eigenvalue weighted by atomic mass is 9.70. The summed E-state index contributed by atoms with van der Waals surface area (Å²) in [4.78, 5) is 0. The van der Waals surface area contributed by atoms with Crippen LogP contribution < -0.4 is 0 Å². The molecule has 0 aliphatic heterocycles. The smallest absolute Gasteiger partial charge is 0.0694 e.